The average molecular weight is 685 g/mol. The quantitative estimate of drug-likeness (QED) is 0.245. The lowest BCUT2D eigenvalue weighted by Gasteiger charge is -2.34. The largest absolute Gasteiger partial charge is 0.155 e. The van der Waals surface area contributed by atoms with Gasteiger partial charge < -0.3 is 0 Å². The van der Waals surface area contributed by atoms with Gasteiger partial charge in [-0.3, -0.25) is 0 Å². The van der Waals surface area contributed by atoms with Gasteiger partial charge in [-0.1, -0.05) is 151 Å². The van der Waals surface area contributed by atoms with Crippen molar-refractivity contribution < 1.29 is 0 Å². The minimum Gasteiger partial charge on any atom is -0.155 e. The van der Waals surface area contributed by atoms with Crippen LogP contribution in [0.1, 0.15) is 222 Å². The first kappa shape index (κ1) is 41.1. The van der Waals surface area contributed by atoms with Gasteiger partial charge in [-0.15, -0.1) is 0 Å². The molecule has 48 heavy (non-hydrogen) atoms. The molecule has 6 rings (SSSR count). The molecule has 6 aliphatic carbocycles. The monoisotopic (exact) mass is 685 g/mol. The molecule has 0 aliphatic heterocycles. The second kappa shape index (κ2) is 22.4. The van der Waals surface area contributed by atoms with Crippen LogP contribution in [0.4, 0.5) is 0 Å². The third kappa shape index (κ3) is 15.9. The van der Waals surface area contributed by atoms with E-state index in [-0.39, 0.29) is 0 Å². The molecule has 0 aromatic heterocycles. The zero-order valence-electron chi connectivity index (χ0n) is 34.0. The maximum atomic E-state index is 2.54. The zero-order chi connectivity index (χ0) is 34.3. The summed E-state index contributed by atoms with van der Waals surface area (Å²) in [6, 6.07) is 0. The van der Waals surface area contributed by atoms with Crippen LogP contribution in [0.25, 0.3) is 0 Å². The molecular weight excluding hydrogens is 597 g/mol. The van der Waals surface area contributed by atoms with E-state index in [1.165, 1.54) is 161 Å². The number of hydrogen-bond donors (Lipinski definition) is 0. The molecule has 1 unspecified atom stereocenters. The molecule has 0 N–H and O–H groups in total. The Labute approximate surface area is 308 Å². The van der Waals surface area contributed by atoms with Crippen molar-refractivity contribution in [2.75, 3.05) is 0 Å². The highest BCUT2D eigenvalue weighted by Crippen LogP contribution is 2.41. The van der Waals surface area contributed by atoms with E-state index in [0.29, 0.717) is 0 Å². The molecule has 0 bridgehead atoms. The van der Waals surface area contributed by atoms with Gasteiger partial charge in [-0.05, 0) is 136 Å². The second-order valence-electron chi connectivity index (χ2n) is 20.1. The molecule has 0 amide bonds. The molecule has 282 valence electrons. The molecule has 0 heterocycles. The van der Waals surface area contributed by atoms with Crippen LogP contribution in [-0.2, 0) is 0 Å². The van der Waals surface area contributed by atoms with Crippen molar-refractivity contribution in [2.24, 2.45) is 65.1 Å². The van der Waals surface area contributed by atoms with Crippen molar-refractivity contribution in [3.05, 3.63) is 0 Å². The Morgan fingerprint density at radius 3 is 0.958 bits per heavy atom. The minimum atomic E-state index is 1.00. The van der Waals surface area contributed by atoms with Gasteiger partial charge in [0.2, 0.25) is 0 Å². The Bertz CT molecular complexity index is 730. The molecule has 1 heteroatoms. The van der Waals surface area contributed by atoms with Crippen molar-refractivity contribution in [1.82, 2.24) is 0 Å². The Morgan fingerprint density at radius 1 is 0.354 bits per heavy atom. The summed E-state index contributed by atoms with van der Waals surface area (Å²) in [7, 11) is 0. The number of thioether (sulfide) groups is 1. The molecule has 0 aromatic rings. The van der Waals surface area contributed by atoms with Crippen LogP contribution in [0, 0.1) is 65.1 Å². The third-order valence-electron chi connectivity index (χ3n) is 15.3. The minimum absolute atomic E-state index is 1.00. The molecule has 0 nitrogen and oxygen atoms in total. The maximum absolute atomic E-state index is 2.54. The van der Waals surface area contributed by atoms with Crippen molar-refractivity contribution in [3.8, 4) is 0 Å². The standard InChI is InChI=1S/C17H32.C16H30.C14H26S/c1-13-4-8-16(9-5-13)12-15(3)17-10-6-14(2)7-11-17;1-13-3-7-15(8-4-13)11-12-16-9-5-14(2)6-10-16;1-11-3-7-13(8-4-11)15-14-9-5-12(2)6-10-14/h13-17H,4-12H2,1-3H3;13-16H,3-12H2,1-2H3;11-14H,3-10H2,1-2H3. The van der Waals surface area contributed by atoms with E-state index in [1.54, 1.807) is 12.8 Å². The van der Waals surface area contributed by atoms with E-state index in [0.717, 1.165) is 75.6 Å². The molecule has 0 saturated heterocycles. The first-order chi connectivity index (χ1) is 23.1. The number of rotatable bonds is 8. The van der Waals surface area contributed by atoms with E-state index in [2.05, 4.69) is 60.2 Å². The SMILES string of the molecule is CC1CCC(CC(C)C2CCC(C)CC2)CC1.CC1CCC(CCC2CCC(C)CC2)CC1.CC1CCC(SC2CCC(C)CC2)CC1. The highest BCUT2D eigenvalue weighted by atomic mass is 32.2. The molecule has 0 aromatic carbocycles. The highest BCUT2D eigenvalue weighted by Gasteiger charge is 2.28. The van der Waals surface area contributed by atoms with Gasteiger partial charge in [0.25, 0.3) is 0 Å². The smallest absolute Gasteiger partial charge is 0.00500 e. The maximum Gasteiger partial charge on any atom is 0.00500 e. The van der Waals surface area contributed by atoms with Crippen LogP contribution < -0.4 is 0 Å². The molecule has 6 fully saturated rings. The van der Waals surface area contributed by atoms with E-state index in [4.69, 9.17) is 0 Å². The Kier molecular flexibility index (Phi) is 19.2. The van der Waals surface area contributed by atoms with Crippen LogP contribution in [0.2, 0.25) is 0 Å². The van der Waals surface area contributed by atoms with Crippen molar-refractivity contribution >= 4 is 11.8 Å². The van der Waals surface area contributed by atoms with Gasteiger partial charge in [0.1, 0.15) is 0 Å². The van der Waals surface area contributed by atoms with Crippen LogP contribution in [0.15, 0.2) is 0 Å². The third-order valence-corrected chi connectivity index (χ3v) is 17.0. The van der Waals surface area contributed by atoms with Crippen molar-refractivity contribution in [2.45, 2.75) is 232 Å². The molecule has 1 atom stereocenters. The summed E-state index contributed by atoms with van der Waals surface area (Å²) in [4.78, 5) is 0. The second-order valence-corrected chi connectivity index (χ2v) is 21.7. The number of hydrogen-bond acceptors (Lipinski definition) is 1. The molecule has 0 spiro atoms. The average Bonchev–Trinajstić information content (AvgIpc) is 3.09. The van der Waals surface area contributed by atoms with Gasteiger partial charge in [-0.2, -0.15) is 11.8 Å². The van der Waals surface area contributed by atoms with E-state index >= 15 is 0 Å². The van der Waals surface area contributed by atoms with Crippen LogP contribution in [0.3, 0.4) is 0 Å². The fourth-order valence-corrected chi connectivity index (χ4v) is 12.5. The summed E-state index contributed by atoms with van der Waals surface area (Å²) in [5, 5.41) is 2.03. The van der Waals surface area contributed by atoms with Gasteiger partial charge in [-0.25, -0.2) is 0 Å². The normalized spacial score (nSPS) is 41.6. The lowest BCUT2D eigenvalue weighted by atomic mass is 9.71. The van der Waals surface area contributed by atoms with Gasteiger partial charge in [0, 0.05) is 10.5 Å². The predicted molar refractivity (Wildman–Crippen MR) is 218 cm³/mol. The summed E-state index contributed by atoms with van der Waals surface area (Å²) in [5.74, 6) is 11.4. The van der Waals surface area contributed by atoms with Crippen LogP contribution >= 0.6 is 11.8 Å². The summed E-state index contributed by atoms with van der Waals surface area (Å²) in [6.45, 7) is 17.1. The van der Waals surface area contributed by atoms with Crippen molar-refractivity contribution in [3.63, 3.8) is 0 Å². The fourth-order valence-electron chi connectivity index (χ4n) is 10.8. The van der Waals surface area contributed by atoms with Crippen LogP contribution in [0.5, 0.6) is 0 Å². The topological polar surface area (TPSA) is 0 Å². The summed E-state index contributed by atoms with van der Waals surface area (Å²) >= 11 is 2.35. The molecule has 0 radical (unpaired) electrons. The van der Waals surface area contributed by atoms with Gasteiger partial charge in [0.05, 0.1) is 0 Å². The van der Waals surface area contributed by atoms with E-state index in [1.807, 2.05) is 0 Å². The van der Waals surface area contributed by atoms with Gasteiger partial charge >= 0.3 is 0 Å². The van der Waals surface area contributed by atoms with Crippen LogP contribution in [-0.4, -0.2) is 10.5 Å². The zero-order valence-corrected chi connectivity index (χ0v) is 34.8. The van der Waals surface area contributed by atoms with Crippen molar-refractivity contribution in [1.29, 1.82) is 0 Å². The fraction of sp³-hybridized carbons (Fsp3) is 1.00. The lowest BCUT2D eigenvalue weighted by Crippen LogP contribution is -2.22. The molecule has 6 saturated carbocycles. The Hall–Kier alpha value is 0.350. The lowest BCUT2D eigenvalue weighted by molar-refractivity contribution is 0.173. The molecular formula is C47H88S. The Morgan fingerprint density at radius 2 is 0.625 bits per heavy atom. The molecule has 6 aliphatic rings. The summed E-state index contributed by atoms with van der Waals surface area (Å²) in [6.07, 6.45) is 40.8. The predicted octanol–water partition coefficient (Wildman–Crippen LogP) is 16.0. The first-order valence-corrected chi connectivity index (χ1v) is 23.7. The first-order valence-electron chi connectivity index (χ1n) is 22.8. The van der Waals surface area contributed by atoms with Gasteiger partial charge in [0.15, 0.2) is 0 Å². The highest BCUT2D eigenvalue weighted by molar-refractivity contribution is 8.00. The Balaban J connectivity index is 0.000000163. The summed E-state index contributed by atoms with van der Waals surface area (Å²) < 4.78 is 0. The van der Waals surface area contributed by atoms with E-state index < -0.39 is 0 Å². The van der Waals surface area contributed by atoms with E-state index in [9.17, 15) is 0 Å². The summed E-state index contributed by atoms with van der Waals surface area (Å²) in [5.41, 5.74) is 0.